The number of hydrogen-bond donors (Lipinski definition) is 1. The molecular formula is C28H31NO5. The Hall–Kier alpha value is -2.96. The Kier molecular flexibility index (Phi) is 6.04. The van der Waals surface area contributed by atoms with Crippen LogP contribution in [0.4, 0.5) is 0 Å². The molecule has 2 aromatic rings. The summed E-state index contributed by atoms with van der Waals surface area (Å²) in [5.74, 6) is -1.61. The molecule has 0 aromatic heterocycles. The smallest absolute Gasteiger partial charge is 0.310 e. The summed E-state index contributed by atoms with van der Waals surface area (Å²) in [4.78, 5) is 27.7. The minimum Gasteiger partial charge on any atom is -0.469 e. The van der Waals surface area contributed by atoms with Gasteiger partial charge in [-0.2, -0.15) is 0 Å². The van der Waals surface area contributed by atoms with Gasteiger partial charge in [0.1, 0.15) is 11.7 Å². The third-order valence-corrected chi connectivity index (χ3v) is 7.91. The zero-order chi connectivity index (χ0) is 23.9. The summed E-state index contributed by atoms with van der Waals surface area (Å²) in [5, 5.41) is 12.2. The number of hydrogen-bond acceptors (Lipinski definition) is 6. The van der Waals surface area contributed by atoms with Crippen LogP contribution in [0.15, 0.2) is 72.8 Å². The fourth-order valence-corrected chi connectivity index (χ4v) is 6.31. The van der Waals surface area contributed by atoms with E-state index in [4.69, 9.17) is 9.47 Å². The van der Waals surface area contributed by atoms with Crippen molar-refractivity contribution in [1.29, 1.82) is 0 Å². The maximum absolute atomic E-state index is 13.3. The molecule has 1 aliphatic heterocycles. The lowest BCUT2D eigenvalue weighted by molar-refractivity contribution is -0.163. The summed E-state index contributed by atoms with van der Waals surface area (Å²) in [5.41, 5.74) is 0.338. The Morgan fingerprint density at radius 3 is 1.94 bits per heavy atom. The van der Waals surface area contributed by atoms with Crippen LogP contribution in [0.25, 0.3) is 0 Å². The van der Waals surface area contributed by atoms with Gasteiger partial charge in [-0.25, -0.2) is 0 Å². The molecule has 2 fully saturated rings. The van der Waals surface area contributed by atoms with Crippen molar-refractivity contribution in [2.45, 2.75) is 30.6 Å². The molecule has 6 nitrogen and oxygen atoms in total. The van der Waals surface area contributed by atoms with E-state index in [9.17, 15) is 14.7 Å². The molecule has 6 atom stereocenters. The molecule has 0 spiro atoms. The second-order valence-electron chi connectivity index (χ2n) is 9.77. The average Bonchev–Trinajstić information content (AvgIpc) is 3.59. The number of benzene rings is 2. The van der Waals surface area contributed by atoms with E-state index in [1.165, 1.54) is 7.11 Å². The minimum absolute atomic E-state index is 0.0158. The molecule has 1 saturated carbocycles. The van der Waals surface area contributed by atoms with Crippen LogP contribution in [0.1, 0.15) is 24.0 Å². The number of allylic oxidation sites excluding steroid dienone is 2. The quantitative estimate of drug-likeness (QED) is 0.526. The number of aliphatic hydroxyl groups is 1. The van der Waals surface area contributed by atoms with Gasteiger partial charge >= 0.3 is 11.9 Å². The number of ether oxygens (including phenoxy) is 2. The second kappa shape index (κ2) is 9.01. The number of likely N-dealkylation sites (N-methyl/N-ethyl adjacent to an activating group) is 1. The summed E-state index contributed by atoms with van der Waals surface area (Å²) < 4.78 is 11.0. The van der Waals surface area contributed by atoms with Crippen LogP contribution in [0.3, 0.4) is 0 Å². The van der Waals surface area contributed by atoms with Gasteiger partial charge in [-0.15, -0.1) is 0 Å². The van der Waals surface area contributed by atoms with Crippen molar-refractivity contribution in [1.82, 2.24) is 4.90 Å². The van der Waals surface area contributed by atoms with Crippen LogP contribution >= 0.6 is 0 Å². The van der Waals surface area contributed by atoms with Gasteiger partial charge in [0.25, 0.3) is 0 Å². The van der Waals surface area contributed by atoms with Crippen LogP contribution in [0.5, 0.6) is 0 Å². The van der Waals surface area contributed by atoms with E-state index in [0.717, 1.165) is 17.5 Å². The van der Waals surface area contributed by atoms with E-state index in [1.807, 2.05) is 79.9 Å². The zero-order valence-corrected chi connectivity index (χ0v) is 19.5. The SMILES string of the molecule is COC(=O)[C@H]1[C@@H](C(=O)O[C@@H]2C[C@@H](C(O)(c3ccccc3)c3ccccc3)N(C)C2)[C@H]2C=C[C@@H]1C2. The lowest BCUT2D eigenvalue weighted by Crippen LogP contribution is -2.46. The van der Waals surface area contributed by atoms with Crippen molar-refractivity contribution < 1.29 is 24.2 Å². The van der Waals surface area contributed by atoms with Gasteiger partial charge in [-0.05, 0) is 36.4 Å². The van der Waals surface area contributed by atoms with E-state index < -0.39 is 17.4 Å². The average molecular weight is 462 g/mol. The summed E-state index contributed by atoms with van der Waals surface area (Å²) in [6.45, 7) is 0.512. The molecule has 3 aliphatic rings. The normalized spacial score (nSPS) is 30.4. The Labute approximate surface area is 200 Å². The van der Waals surface area contributed by atoms with E-state index in [0.29, 0.717) is 13.0 Å². The van der Waals surface area contributed by atoms with E-state index in [-0.39, 0.29) is 35.9 Å². The summed E-state index contributed by atoms with van der Waals surface area (Å²) >= 11 is 0. The molecule has 34 heavy (non-hydrogen) atoms. The van der Waals surface area contributed by atoms with Crippen LogP contribution in [0.2, 0.25) is 0 Å². The van der Waals surface area contributed by atoms with Gasteiger partial charge in [-0.3, -0.25) is 14.5 Å². The van der Waals surface area contributed by atoms with Crippen molar-refractivity contribution in [3.05, 3.63) is 83.9 Å². The van der Waals surface area contributed by atoms with E-state index in [2.05, 4.69) is 4.90 Å². The van der Waals surface area contributed by atoms with Crippen LogP contribution < -0.4 is 0 Å². The fourth-order valence-electron chi connectivity index (χ4n) is 6.31. The lowest BCUT2D eigenvalue weighted by Gasteiger charge is -2.38. The molecule has 5 rings (SSSR count). The summed E-state index contributed by atoms with van der Waals surface area (Å²) in [7, 11) is 3.32. The molecule has 1 heterocycles. The third-order valence-electron chi connectivity index (χ3n) is 7.91. The molecule has 0 amide bonds. The van der Waals surface area contributed by atoms with Crippen LogP contribution in [0, 0.1) is 23.7 Å². The first-order chi connectivity index (χ1) is 16.4. The van der Waals surface area contributed by atoms with Gasteiger partial charge in [-0.1, -0.05) is 72.8 Å². The Morgan fingerprint density at radius 1 is 0.882 bits per heavy atom. The van der Waals surface area contributed by atoms with Gasteiger partial charge in [0.2, 0.25) is 0 Å². The monoisotopic (exact) mass is 461 g/mol. The molecule has 2 aromatic carbocycles. The van der Waals surface area contributed by atoms with Gasteiger partial charge < -0.3 is 14.6 Å². The first-order valence-corrected chi connectivity index (χ1v) is 11.9. The van der Waals surface area contributed by atoms with Crippen LogP contribution in [-0.4, -0.2) is 54.8 Å². The maximum Gasteiger partial charge on any atom is 0.310 e. The van der Waals surface area contributed by atoms with Gasteiger partial charge in [0.05, 0.1) is 25.0 Å². The molecule has 178 valence electrons. The number of carbonyl (C=O) groups excluding carboxylic acids is 2. The number of likely N-dealkylation sites (tertiary alicyclic amines) is 1. The minimum atomic E-state index is -1.26. The molecule has 1 N–H and O–H groups in total. The summed E-state index contributed by atoms with van der Waals surface area (Å²) in [6, 6.07) is 19.0. The fraction of sp³-hybridized carbons (Fsp3) is 0.429. The van der Waals surface area contributed by atoms with Crippen molar-refractivity contribution in [2.75, 3.05) is 20.7 Å². The second-order valence-corrected chi connectivity index (χ2v) is 9.77. The Morgan fingerprint density at radius 2 is 1.41 bits per heavy atom. The number of methoxy groups -OCH3 is 1. The predicted octanol–water partition coefficient (Wildman–Crippen LogP) is 3.15. The highest BCUT2D eigenvalue weighted by atomic mass is 16.5. The van der Waals surface area contributed by atoms with Crippen molar-refractivity contribution in [3.63, 3.8) is 0 Å². The number of rotatable bonds is 6. The highest BCUT2D eigenvalue weighted by molar-refractivity contribution is 5.84. The van der Waals surface area contributed by atoms with Gasteiger partial charge in [0.15, 0.2) is 0 Å². The molecule has 0 unspecified atom stereocenters. The maximum atomic E-state index is 13.3. The zero-order valence-electron chi connectivity index (χ0n) is 19.5. The van der Waals surface area contributed by atoms with Crippen molar-refractivity contribution >= 4 is 11.9 Å². The highest BCUT2D eigenvalue weighted by Crippen LogP contribution is 2.49. The molecular weight excluding hydrogens is 430 g/mol. The largest absolute Gasteiger partial charge is 0.469 e. The third kappa shape index (κ3) is 3.75. The Balaban J connectivity index is 1.38. The van der Waals surface area contributed by atoms with Crippen LogP contribution in [-0.2, 0) is 24.7 Å². The van der Waals surface area contributed by atoms with E-state index in [1.54, 1.807) is 0 Å². The van der Waals surface area contributed by atoms with Crippen molar-refractivity contribution in [2.24, 2.45) is 23.7 Å². The summed E-state index contributed by atoms with van der Waals surface area (Å²) in [6.07, 6.45) is 4.96. The number of fused-ring (bicyclic) bond motifs is 2. The molecule has 6 heteroatoms. The highest BCUT2D eigenvalue weighted by Gasteiger charge is 2.54. The molecule has 1 saturated heterocycles. The number of nitrogens with zero attached hydrogens (tertiary/aromatic N) is 1. The topological polar surface area (TPSA) is 76.1 Å². The Bertz CT molecular complexity index is 1030. The first-order valence-electron chi connectivity index (χ1n) is 11.9. The first kappa shape index (κ1) is 22.8. The molecule has 2 aliphatic carbocycles. The molecule has 0 radical (unpaired) electrons. The molecule has 2 bridgehead atoms. The van der Waals surface area contributed by atoms with Gasteiger partial charge in [0, 0.05) is 13.0 Å². The standard InChI is InChI=1S/C28H31NO5/c1-29-17-22(34-27(31)25-19-14-13-18(15-19)24(25)26(30)33-2)16-23(29)28(32,20-9-5-3-6-10-20)21-11-7-4-8-12-21/h3-14,18-19,22-25,32H,15-17H2,1-2H3/t18-,19+,22-,23+,24-,25+/m1/s1. The lowest BCUT2D eigenvalue weighted by atomic mass is 9.79. The number of carbonyl (C=O) groups is 2. The number of esters is 2. The van der Waals surface area contributed by atoms with Crippen molar-refractivity contribution in [3.8, 4) is 0 Å². The van der Waals surface area contributed by atoms with E-state index >= 15 is 0 Å². The predicted molar refractivity (Wildman–Crippen MR) is 127 cm³/mol.